The van der Waals surface area contributed by atoms with Crippen LogP contribution in [0.5, 0.6) is 0 Å². The molecule has 3 N–H and O–H groups in total. The topological polar surface area (TPSA) is 120 Å². The second-order valence-electron chi connectivity index (χ2n) is 9.33. The molecule has 0 aliphatic carbocycles. The monoisotopic (exact) mass is 473 g/mol. The third kappa shape index (κ3) is 6.86. The zero-order valence-electron chi connectivity index (χ0n) is 20.0. The van der Waals surface area contributed by atoms with Crippen LogP contribution in [0.15, 0.2) is 30.6 Å². The molecule has 0 radical (unpaired) electrons. The Kier molecular flexibility index (Phi) is 8.03. The Bertz CT molecular complexity index is 1010. The number of carbonyl (C=O) groups is 2. The Labute approximate surface area is 198 Å². The van der Waals surface area contributed by atoms with Gasteiger partial charge in [-0.3, -0.25) is 14.8 Å². The standard InChI is InChI=1S/C24H32FN5O4/c1-24(2,3)34-23(32)30-8-7-20(19(25)13-30)29-21-10-17(28-12-18(21)22(26)31)9-16-6-5-15(11-27-16)14-33-4/h5-6,10-12,19-20H,7-9,13-14H2,1-4H3,(H2,26,31)(H,28,29)/t19-,20+/m0/s1. The molecule has 0 aromatic carbocycles. The second kappa shape index (κ2) is 10.8. The number of alkyl halides is 1. The maximum Gasteiger partial charge on any atom is 0.410 e. The van der Waals surface area contributed by atoms with Crippen LogP contribution in [0.2, 0.25) is 0 Å². The van der Waals surface area contributed by atoms with E-state index in [0.29, 0.717) is 37.4 Å². The molecule has 2 amide bonds. The molecule has 0 saturated carbocycles. The number of rotatable bonds is 7. The van der Waals surface area contributed by atoms with Crippen molar-refractivity contribution in [1.29, 1.82) is 0 Å². The van der Waals surface area contributed by atoms with Crippen LogP contribution >= 0.6 is 0 Å². The lowest BCUT2D eigenvalue weighted by Gasteiger charge is -2.36. The van der Waals surface area contributed by atoms with Crippen LogP contribution in [0.3, 0.4) is 0 Å². The van der Waals surface area contributed by atoms with E-state index in [1.165, 1.54) is 11.1 Å². The number of nitrogens with zero attached hydrogens (tertiary/aromatic N) is 3. The highest BCUT2D eigenvalue weighted by Gasteiger charge is 2.34. The van der Waals surface area contributed by atoms with Crippen LogP contribution in [0.25, 0.3) is 0 Å². The number of ether oxygens (including phenoxy) is 2. The maximum absolute atomic E-state index is 15.0. The summed E-state index contributed by atoms with van der Waals surface area (Å²) >= 11 is 0. The molecule has 1 aliphatic rings. The number of aromatic nitrogens is 2. The number of likely N-dealkylation sites (tertiary alicyclic amines) is 1. The Morgan fingerprint density at radius 2 is 1.97 bits per heavy atom. The van der Waals surface area contributed by atoms with Gasteiger partial charge in [0.1, 0.15) is 11.8 Å². The molecule has 2 atom stereocenters. The smallest absolute Gasteiger partial charge is 0.410 e. The van der Waals surface area contributed by atoms with Gasteiger partial charge in [-0.1, -0.05) is 6.07 Å². The molecule has 1 aliphatic heterocycles. The summed E-state index contributed by atoms with van der Waals surface area (Å²) < 4.78 is 25.4. The molecule has 3 heterocycles. The first-order valence-electron chi connectivity index (χ1n) is 11.2. The number of methoxy groups -OCH3 is 1. The first-order chi connectivity index (χ1) is 16.1. The van der Waals surface area contributed by atoms with E-state index in [9.17, 15) is 14.0 Å². The van der Waals surface area contributed by atoms with Crippen molar-refractivity contribution >= 4 is 17.7 Å². The van der Waals surface area contributed by atoms with E-state index in [4.69, 9.17) is 15.2 Å². The fraction of sp³-hybridized carbons (Fsp3) is 0.500. The summed E-state index contributed by atoms with van der Waals surface area (Å²) in [6.07, 6.45) is 2.01. The summed E-state index contributed by atoms with van der Waals surface area (Å²) in [7, 11) is 1.62. The van der Waals surface area contributed by atoms with Gasteiger partial charge in [0.15, 0.2) is 0 Å². The normalized spacial score (nSPS) is 18.4. The Morgan fingerprint density at radius 1 is 1.24 bits per heavy atom. The number of amides is 2. The number of anilines is 1. The second-order valence-corrected chi connectivity index (χ2v) is 9.33. The molecule has 3 rings (SSSR count). The average Bonchev–Trinajstić information content (AvgIpc) is 2.75. The minimum Gasteiger partial charge on any atom is -0.444 e. The van der Waals surface area contributed by atoms with Crippen LogP contribution in [-0.4, -0.2) is 64.9 Å². The summed E-state index contributed by atoms with van der Waals surface area (Å²) in [5, 5.41) is 3.11. The number of primary amides is 1. The van der Waals surface area contributed by atoms with Crippen molar-refractivity contribution in [3.8, 4) is 0 Å². The van der Waals surface area contributed by atoms with E-state index in [1.54, 1.807) is 40.1 Å². The third-order valence-electron chi connectivity index (χ3n) is 5.32. The van der Waals surface area contributed by atoms with E-state index in [-0.39, 0.29) is 12.1 Å². The predicted octanol–water partition coefficient (Wildman–Crippen LogP) is 3.07. The van der Waals surface area contributed by atoms with Crippen molar-refractivity contribution in [2.75, 3.05) is 25.5 Å². The molecule has 1 fully saturated rings. The van der Waals surface area contributed by atoms with E-state index < -0.39 is 29.8 Å². The molecule has 9 nitrogen and oxygen atoms in total. The maximum atomic E-state index is 15.0. The highest BCUT2D eigenvalue weighted by molar-refractivity contribution is 5.98. The third-order valence-corrected chi connectivity index (χ3v) is 5.32. The average molecular weight is 474 g/mol. The van der Waals surface area contributed by atoms with Gasteiger partial charge in [0.2, 0.25) is 0 Å². The van der Waals surface area contributed by atoms with Crippen molar-refractivity contribution in [1.82, 2.24) is 14.9 Å². The van der Waals surface area contributed by atoms with Crippen LogP contribution < -0.4 is 11.1 Å². The molecule has 0 unspecified atom stereocenters. The van der Waals surface area contributed by atoms with E-state index in [0.717, 1.165) is 11.3 Å². The van der Waals surface area contributed by atoms with Crippen LogP contribution in [0.4, 0.5) is 14.9 Å². The largest absolute Gasteiger partial charge is 0.444 e. The van der Waals surface area contributed by atoms with E-state index in [1.807, 2.05) is 12.1 Å². The molecule has 0 spiro atoms. The molecular formula is C24H32FN5O4. The summed E-state index contributed by atoms with van der Waals surface area (Å²) in [5.74, 6) is -0.662. The molecule has 34 heavy (non-hydrogen) atoms. The van der Waals surface area contributed by atoms with E-state index >= 15 is 0 Å². The number of carbonyl (C=O) groups excluding carboxylic acids is 2. The van der Waals surface area contributed by atoms with Crippen molar-refractivity contribution in [2.24, 2.45) is 5.73 Å². The minimum absolute atomic E-state index is 0.103. The van der Waals surface area contributed by atoms with Gasteiger partial charge >= 0.3 is 6.09 Å². The molecule has 2 aromatic rings. The van der Waals surface area contributed by atoms with Gasteiger partial charge in [0.05, 0.1) is 30.4 Å². The minimum atomic E-state index is -1.35. The number of pyridine rings is 2. The number of hydrogen-bond acceptors (Lipinski definition) is 7. The highest BCUT2D eigenvalue weighted by Crippen LogP contribution is 2.24. The van der Waals surface area contributed by atoms with Crippen molar-refractivity contribution in [3.63, 3.8) is 0 Å². The molecule has 2 aromatic heterocycles. The van der Waals surface area contributed by atoms with Crippen LogP contribution in [-0.2, 0) is 22.5 Å². The Balaban J connectivity index is 1.70. The van der Waals surface area contributed by atoms with Gasteiger partial charge in [0.25, 0.3) is 5.91 Å². The molecule has 184 valence electrons. The number of piperidine rings is 1. The SMILES string of the molecule is COCc1ccc(Cc2cc(N[C@@H]3CCN(C(=O)OC(C)(C)C)C[C@@H]3F)c(C(N)=O)cn2)nc1. The Morgan fingerprint density at radius 3 is 2.56 bits per heavy atom. The zero-order valence-corrected chi connectivity index (χ0v) is 20.0. The fourth-order valence-electron chi connectivity index (χ4n) is 3.67. The number of nitrogens with one attached hydrogen (secondary N) is 1. The van der Waals surface area contributed by atoms with Gasteiger partial charge in [-0.15, -0.1) is 0 Å². The molecule has 1 saturated heterocycles. The van der Waals surface area contributed by atoms with Crippen molar-refractivity contribution in [3.05, 3.63) is 53.1 Å². The van der Waals surface area contributed by atoms with Gasteiger partial charge in [-0.05, 0) is 44.9 Å². The number of halogens is 1. The first kappa shape index (κ1) is 25.4. The predicted molar refractivity (Wildman–Crippen MR) is 125 cm³/mol. The first-order valence-corrected chi connectivity index (χ1v) is 11.2. The molecule has 10 heteroatoms. The highest BCUT2D eigenvalue weighted by atomic mass is 19.1. The molecule has 0 bridgehead atoms. The summed E-state index contributed by atoms with van der Waals surface area (Å²) in [6.45, 7) is 6.00. The molecular weight excluding hydrogens is 441 g/mol. The lowest BCUT2D eigenvalue weighted by Crippen LogP contribution is -2.51. The number of nitrogens with two attached hydrogens (primary N) is 1. The summed E-state index contributed by atoms with van der Waals surface area (Å²) in [5.41, 5.74) is 7.85. The Hall–Kier alpha value is -3.27. The van der Waals surface area contributed by atoms with Crippen molar-refractivity contribution in [2.45, 2.75) is 58.0 Å². The number of hydrogen-bond donors (Lipinski definition) is 2. The van der Waals surface area contributed by atoms with E-state index in [2.05, 4.69) is 15.3 Å². The van der Waals surface area contributed by atoms with Gasteiger partial charge in [0, 0.05) is 43.9 Å². The van der Waals surface area contributed by atoms with Crippen LogP contribution in [0, 0.1) is 0 Å². The summed E-state index contributed by atoms with van der Waals surface area (Å²) in [6, 6.07) is 4.90. The summed E-state index contributed by atoms with van der Waals surface area (Å²) in [4.78, 5) is 34.3. The van der Waals surface area contributed by atoms with Crippen LogP contribution in [0.1, 0.15) is 54.5 Å². The van der Waals surface area contributed by atoms with Gasteiger partial charge in [-0.2, -0.15) is 0 Å². The zero-order chi connectivity index (χ0) is 24.9. The fourth-order valence-corrected chi connectivity index (χ4v) is 3.67. The quantitative estimate of drug-likeness (QED) is 0.634. The lowest BCUT2D eigenvalue weighted by molar-refractivity contribution is 0.0125. The van der Waals surface area contributed by atoms with Gasteiger partial charge in [-0.25, -0.2) is 9.18 Å². The van der Waals surface area contributed by atoms with Gasteiger partial charge < -0.3 is 25.4 Å². The van der Waals surface area contributed by atoms with Crippen molar-refractivity contribution < 1.29 is 23.5 Å². The lowest BCUT2D eigenvalue weighted by atomic mass is 10.0.